The minimum Gasteiger partial charge on any atom is -0.295 e. The van der Waals surface area contributed by atoms with Gasteiger partial charge >= 0.3 is 5.69 Å². The maximum atomic E-state index is 12.8. The molecular formula is C43H32N4O. The van der Waals surface area contributed by atoms with E-state index in [2.05, 4.69) is 127 Å². The molecule has 0 saturated heterocycles. The van der Waals surface area contributed by atoms with Crippen molar-refractivity contribution in [2.45, 2.75) is 0 Å². The molecule has 0 spiro atoms. The summed E-state index contributed by atoms with van der Waals surface area (Å²) in [7, 11) is 3.64. The zero-order valence-electron chi connectivity index (χ0n) is 26.7. The third-order valence-electron chi connectivity index (χ3n) is 9.02. The summed E-state index contributed by atoms with van der Waals surface area (Å²) in [6, 6.07) is 54.2. The zero-order chi connectivity index (χ0) is 32.6. The fourth-order valence-corrected chi connectivity index (χ4v) is 6.53. The largest absolute Gasteiger partial charge is 0.328 e. The van der Waals surface area contributed by atoms with Crippen LogP contribution in [0.1, 0.15) is 0 Å². The van der Waals surface area contributed by atoms with Crippen molar-refractivity contribution in [1.29, 1.82) is 0 Å². The number of hydrogen-bond acceptors (Lipinski definition) is 3. The van der Waals surface area contributed by atoms with Gasteiger partial charge in [0.1, 0.15) is 0 Å². The Kier molecular flexibility index (Phi) is 7.35. The van der Waals surface area contributed by atoms with Crippen LogP contribution < -0.4 is 5.69 Å². The molecule has 48 heavy (non-hydrogen) atoms. The molecule has 5 heteroatoms. The molecule has 0 aliphatic rings. The predicted molar refractivity (Wildman–Crippen MR) is 196 cm³/mol. The second-order valence-corrected chi connectivity index (χ2v) is 12.0. The van der Waals surface area contributed by atoms with E-state index >= 15 is 0 Å². The van der Waals surface area contributed by atoms with Gasteiger partial charge in [-0.3, -0.25) is 9.13 Å². The predicted octanol–water partition coefficient (Wildman–Crippen LogP) is 9.67. The molecule has 0 bridgehead atoms. The van der Waals surface area contributed by atoms with Crippen LogP contribution in [0.4, 0.5) is 0 Å². The van der Waals surface area contributed by atoms with Crippen molar-refractivity contribution in [1.82, 2.24) is 19.1 Å². The van der Waals surface area contributed by atoms with Gasteiger partial charge in [0.25, 0.3) is 0 Å². The molecule has 0 radical (unpaired) electrons. The summed E-state index contributed by atoms with van der Waals surface area (Å²) < 4.78 is 3.41. The molecular weight excluding hydrogens is 589 g/mol. The third-order valence-corrected chi connectivity index (χ3v) is 9.02. The van der Waals surface area contributed by atoms with Gasteiger partial charge in [-0.05, 0) is 46.0 Å². The number of fused-ring (bicyclic) bond motifs is 1. The van der Waals surface area contributed by atoms with Gasteiger partial charge in [0.15, 0.2) is 5.82 Å². The van der Waals surface area contributed by atoms with Crippen LogP contribution in [0.2, 0.25) is 0 Å². The van der Waals surface area contributed by atoms with Gasteiger partial charge < -0.3 is 0 Å². The number of hydrogen-bond donors (Lipinski definition) is 0. The number of nitrogens with zero attached hydrogens (tertiary/aromatic N) is 4. The maximum absolute atomic E-state index is 12.8. The molecule has 8 rings (SSSR count). The summed E-state index contributed by atoms with van der Waals surface area (Å²) in [6.07, 6.45) is 0. The molecule has 0 atom stereocenters. The Morgan fingerprint density at radius 2 is 0.938 bits per heavy atom. The third kappa shape index (κ3) is 5.21. The van der Waals surface area contributed by atoms with Crippen molar-refractivity contribution in [3.05, 3.63) is 168 Å². The van der Waals surface area contributed by atoms with Gasteiger partial charge in [0, 0.05) is 36.3 Å². The fraction of sp³-hybridized carbons (Fsp3) is 0.0465. The normalized spacial score (nSPS) is 11.2. The van der Waals surface area contributed by atoms with E-state index in [4.69, 9.17) is 9.97 Å². The molecule has 0 amide bonds. The monoisotopic (exact) mass is 620 g/mol. The second kappa shape index (κ2) is 12.1. The van der Waals surface area contributed by atoms with Crippen molar-refractivity contribution in [2.24, 2.45) is 14.1 Å². The van der Waals surface area contributed by atoms with E-state index in [1.165, 1.54) is 5.56 Å². The van der Waals surface area contributed by atoms with E-state index in [9.17, 15) is 4.79 Å². The van der Waals surface area contributed by atoms with Crippen LogP contribution in [0.25, 0.3) is 78.3 Å². The first-order chi connectivity index (χ1) is 23.5. The van der Waals surface area contributed by atoms with Crippen molar-refractivity contribution in [2.75, 3.05) is 0 Å². The second-order valence-electron chi connectivity index (χ2n) is 12.0. The highest BCUT2D eigenvalue weighted by molar-refractivity contribution is 5.93. The summed E-state index contributed by atoms with van der Waals surface area (Å²) in [5, 5.41) is 0. The first-order valence-corrected chi connectivity index (χ1v) is 16.0. The van der Waals surface area contributed by atoms with E-state index in [-0.39, 0.29) is 5.69 Å². The number of imidazole rings is 1. The molecule has 0 saturated carbocycles. The maximum Gasteiger partial charge on any atom is 0.328 e. The first kappa shape index (κ1) is 29.1. The quantitative estimate of drug-likeness (QED) is 0.186. The highest BCUT2D eigenvalue weighted by Crippen LogP contribution is 2.36. The Morgan fingerprint density at radius 3 is 1.67 bits per heavy atom. The van der Waals surface area contributed by atoms with Gasteiger partial charge in [-0.15, -0.1) is 0 Å². The van der Waals surface area contributed by atoms with Gasteiger partial charge in [-0.1, -0.05) is 140 Å². The average molecular weight is 621 g/mol. The van der Waals surface area contributed by atoms with Crippen molar-refractivity contribution >= 4 is 11.0 Å². The van der Waals surface area contributed by atoms with Crippen molar-refractivity contribution in [3.63, 3.8) is 0 Å². The summed E-state index contributed by atoms with van der Waals surface area (Å²) in [6.45, 7) is 0. The van der Waals surface area contributed by atoms with E-state index in [0.29, 0.717) is 5.82 Å². The zero-order valence-corrected chi connectivity index (χ0v) is 26.7. The van der Waals surface area contributed by atoms with E-state index in [1.54, 1.807) is 9.13 Å². The lowest BCUT2D eigenvalue weighted by atomic mass is 9.97. The number of para-hydroxylation sites is 1. The SMILES string of the molecule is Cn1c(=O)n(C)c2c(-c3cccc(-c4cc(-c5ccc(-c6ccccc6)cc5)nc(-c5ccccc5-c5ccccc5)n4)c3)cccc21. The van der Waals surface area contributed by atoms with Crippen LogP contribution in [0, 0.1) is 0 Å². The van der Waals surface area contributed by atoms with Crippen LogP contribution in [0.5, 0.6) is 0 Å². The molecule has 8 aromatic rings. The lowest BCUT2D eigenvalue weighted by Crippen LogP contribution is -2.19. The number of benzene rings is 6. The Balaban J connectivity index is 1.30. The molecule has 230 valence electrons. The van der Waals surface area contributed by atoms with Gasteiger partial charge in [-0.2, -0.15) is 0 Å². The van der Waals surface area contributed by atoms with Crippen LogP contribution in [-0.2, 0) is 14.1 Å². The van der Waals surface area contributed by atoms with E-state index < -0.39 is 0 Å². The summed E-state index contributed by atoms with van der Waals surface area (Å²) in [4.78, 5) is 23.2. The van der Waals surface area contributed by atoms with Gasteiger partial charge in [0.05, 0.1) is 22.4 Å². The molecule has 2 aromatic heterocycles. The highest BCUT2D eigenvalue weighted by Gasteiger charge is 2.17. The molecule has 0 aliphatic carbocycles. The Bertz CT molecular complexity index is 2480. The highest BCUT2D eigenvalue weighted by atomic mass is 16.1. The van der Waals surface area contributed by atoms with Crippen molar-refractivity contribution in [3.8, 4) is 67.3 Å². The van der Waals surface area contributed by atoms with Gasteiger partial charge in [-0.25, -0.2) is 14.8 Å². The minimum absolute atomic E-state index is 0.0472. The lowest BCUT2D eigenvalue weighted by molar-refractivity contribution is 0.795. The average Bonchev–Trinajstić information content (AvgIpc) is 3.39. The molecule has 0 aliphatic heterocycles. The Hall–Kier alpha value is -6.33. The van der Waals surface area contributed by atoms with Crippen LogP contribution >= 0.6 is 0 Å². The summed E-state index contributed by atoms with van der Waals surface area (Å²) in [5.41, 5.74) is 12.9. The van der Waals surface area contributed by atoms with Crippen LogP contribution in [0.15, 0.2) is 163 Å². The fourth-order valence-electron chi connectivity index (χ4n) is 6.53. The lowest BCUT2D eigenvalue weighted by Gasteiger charge is -2.14. The first-order valence-electron chi connectivity index (χ1n) is 16.0. The molecule has 5 nitrogen and oxygen atoms in total. The standard InChI is InChI=1S/C43H32N4O/c1-46-40-22-12-21-36(41(40)47(2)43(46)48)33-17-11-18-34(27-33)39-28-38(32-25-23-30(24-26-32)29-13-5-3-6-14-29)44-42(45-39)37-20-10-9-19-35(37)31-15-7-4-8-16-31/h3-28H,1-2H3. The number of aromatic nitrogens is 4. The van der Waals surface area contributed by atoms with Crippen molar-refractivity contribution < 1.29 is 0 Å². The molecule has 0 unspecified atom stereocenters. The minimum atomic E-state index is -0.0472. The van der Waals surface area contributed by atoms with E-state index in [1.807, 2.05) is 44.4 Å². The van der Waals surface area contributed by atoms with Gasteiger partial charge in [0.2, 0.25) is 0 Å². The van der Waals surface area contributed by atoms with Crippen LogP contribution in [-0.4, -0.2) is 19.1 Å². The Morgan fingerprint density at radius 1 is 0.417 bits per heavy atom. The number of rotatable bonds is 6. The summed E-state index contributed by atoms with van der Waals surface area (Å²) >= 11 is 0. The summed E-state index contributed by atoms with van der Waals surface area (Å²) in [5.74, 6) is 0.659. The van der Waals surface area contributed by atoms with E-state index in [0.717, 1.165) is 66.9 Å². The van der Waals surface area contributed by atoms with Crippen LogP contribution in [0.3, 0.4) is 0 Å². The smallest absolute Gasteiger partial charge is 0.295 e. The molecule has 0 fully saturated rings. The topological polar surface area (TPSA) is 52.7 Å². The Labute approximate surface area is 279 Å². The molecule has 0 N–H and O–H groups in total. The molecule has 2 heterocycles. The number of aryl methyl sites for hydroxylation is 2. The molecule has 6 aromatic carbocycles.